The summed E-state index contributed by atoms with van der Waals surface area (Å²) < 4.78 is 4.57. The molecule has 1 aromatic heterocycles. The van der Waals surface area contributed by atoms with Gasteiger partial charge in [-0.1, -0.05) is 17.7 Å². The minimum atomic E-state index is -0.530. The van der Waals surface area contributed by atoms with Crippen molar-refractivity contribution in [2.45, 2.75) is 0 Å². The lowest BCUT2D eigenvalue weighted by atomic mass is 10.3. The van der Waals surface area contributed by atoms with Gasteiger partial charge in [-0.3, -0.25) is 4.98 Å². The fourth-order valence-electron chi connectivity index (χ4n) is 1.34. The molecule has 5 nitrogen and oxygen atoms in total. The highest BCUT2D eigenvalue weighted by molar-refractivity contribution is 6.30. The van der Waals surface area contributed by atoms with E-state index < -0.39 is 5.97 Å². The summed E-state index contributed by atoms with van der Waals surface area (Å²) >= 11 is 5.87. The van der Waals surface area contributed by atoms with E-state index in [4.69, 9.17) is 11.6 Å². The van der Waals surface area contributed by atoms with Gasteiger partial charge in [-0.05, 0) is 18.2 Å². The van der Waals surface area contributed by atoms with E-state index in [1.54, 1.807) is 12.1 Å². The number of nitrogens with one attached hydrogen (secondary N) is 1. The Hall–Kier alpha value is -2.14. The quantitative estimate of drug-likeness (QED) is 0.863. The molecule has 0 aliphatic heterocycles. The smallest absolute Gasteiger partial charge is 0.358 e. The Bertz CT molecular complexity index is 575. The number of hydrogen-bond acceptors (Lipinski definition) is 5. The largest absolute Gasteiger partial charge is 0.464 e. The molecule has 92 valence electrons. The highest BCUT2D eigenvalue weighted by Gasteiger charge is 2.08. The Labute approximate surface area is 109 Å². The number of ether oxygens (including phenoxy) is 1. The average molecular weight is 264 g/mol. The molecule has 0 unspecified atom stereocenters. The van der Waals surface area contributed by atoms with Crippen molar-refractivity contribution < 1.29 is 9.53 Å². The SMILES string of the molecule is COC(=O)c1cncc(Nc2cccc(Cl)c2)n1. The van der Waals surface area contributed by atoms with Gasteiger partial charge in [-0.15, -0.1) is 0 Å². The molecule has 1 N–H and O–H groups in total. The first kappa shape index (κ1) is 12.3. The van der Waals surface area contributed by atoms with Crippen molar-refractivity contribution in [1.82, 2.24) is 9.97 Å². The predicted molar refractivity (Wildman–Crippen MR) is 68.1 cm³/mol. The van der Waals surface area contributed by atoms with E-state index in [1.165, 1.54) is 19.5 Å². The fraction of sp³-hybridized carbons (Fsp3) is 0.0833. The zero-order chi connectivity index (χ0) is 13.0. The minimum Gasteiger partial charge on any atom is -0.464 e. The Morgan fingerprint density at radius 2 is 2.22 bits per heavy atom. The van der Waals surface area contributed by atoms with E-state index >= 15 is 0 Å². The zero-order valence-corrected chi connectivity index (χ0v) is 10.3. The average Bonchev–Trinajstić information content (AvgIpc) is 2.38. The number of rotatable bonds is 3. The molecule has 0 saturated heterocycles. The standard InChI is InChI=1S/C12H10ClN3O2/c1-18-12(17)10-6-14-7-11(16-10)15-9-4-2-3-8(13)5-9/h2-7H,1H3,(H,15,16). The second-order valence-electron chi connectivity index (χ2n) is 3.42. The van der Waals surface area contributed by atoms with Crippen LogP contribution in [0.2, 0.25) is 5.02 Å². The van der Waals surface area contributed by atoms with Crippen LogP contribution in [-0.4, -0.2) is 23.0 Å². The maximum absolute atomic E-state index is 11.3. The third kappa shape index (κ3) is 2.95. The Kier molecular flexibility index (Phi) is 3.74. The summed E-state index contributed by atoms with van der Waals surface area (Å²) in [6, 6.07) is 7.15. The normalized spacial score (nSPS) is 9.89. The summed E-state index contributed by atoms with van der Waals surface area (Å²) in [6.45, 7) is 0. The monoisotopic (exact) mass is 263 g/mol. The van der Waals surface area contributed by atoms with Crippen molar-refractivity contribution in [3.8, 4) is 0 Å². The van der Waals surface area contributed by atoms with Gasteiger partial charge in [-0.25, -0.2) is 9.78 Å². The van der Waals surface area contributed by atoms with E-state index in [0.29, 0.717) is 10.8 Å². The third-order valence-electron chi connectivity index (χ3n) is 2.13. The second kappa shape index (κ2) is 5.46. The maximum atomic E-state index is 11.3. The molecule has 0 bridgehead atoms. The first-order chi connectivity index (χ1) is 8.69. The van der Waals surface area contributed by atoms with Gasteiger partial charge in [0.1, 0.15) is 5.82 Å². The number of methoxy groups -OCH3 is 1. The van der Waals surface area contributed by atoms with Crippen molar-refractivity contribution >= 4 is 29.1 Å². The first-order valence-corrected chi connectivity index (χ1v) is 5.50. The van der Waals surface area contributed by atoms with Crippen LogP contribution in [0, 0.1) is 0 Å². The number of anilines is 2. The van der Waals surface area contributed by atoms with E-state index in [0.717, 1.165) is 5.69 Å². The minimum absolute atomic E-state index is 0.143. The van der Waals surface area contributed by atoms with Gasteiger partial charge < -0.3 is 10.1 Å². The van der Waals surface area contributed by atoms with Gasteiger partial charge >= 0.3 is 5.97 Å². The molecule has 0 spiro atoms. The lowest BCUT2D eigenvalue weighted by Gasteiger charge is -2.06. The van der Waals surface area contributed by atoms with Crippen LogP contribution in [0.1, 0.15) is 10.5 Å². The molecule has 2 aromatic rings. The summed E-state index contributed by atoms with van der Waals surface area (Å²) in [7, 11) is 1.29. The highest BCUT2D eigenvalue weighted by atomic mass is 35.5. The molecule has 1 heterocycles. The van der Waals surface area contributed by atoms with Crippen molar-refractivity contribution in [3.05, 3.63) is 47.4 Å². The molecule has 18 heavy (non-hydrogen) atoms. The molecule has 0 amide bonds. The van der Waals surface area contributed by atoms with Gasteiger partial charge in [0.2, 0.25) is 0 Å². The van der Waals surface area contributed by atoms with E-state index in [1.807, 2.05) is 12.1 Å². The fourth-order valence-corrected chi connectivity index (χ4v) is 1.53. The molecular formula is C12H10ClN3O2. The van der Waals surface area contributed by atoms with Crippen molar-refractivity contribution in [3.63, 3.8) is 0 Å². The molecule has 0 aliphatic rings. The Morgan fingerprint density at radius 1 is 1.39 bits per heavy atom. The lowest BCUT2D eigenvalue weighted by molar-refractivity contribution is 0.0593. The predicted octanol–water partition coefficient (Wildman–Crippen LogP) is 2.66. The van der Waals surface area contributed by atoms with Crippen LogP contribution >= 0.6 is 11.6 Å². The molecule has 2 rings (SSSR count). The number of hydrogen-bond donors (Lipinski definition) is 1. The van der Waals surface area contributed by atoms with Gasteiger partial charge in [-0.2, -0.15) is 0 Å². The van der Waals surface area contributed by atoms with E-state index in [9.17, 15) is 4.79 Å². The summed E-state index contributed by atoms with van der Waals surface area (Å²) in [5.74, 6) is -0.0857. The van der Waals surface area contributed by atoms with Crippen LogP contribution in [0.5, 0.6) is 0 Å². The number of nitrogens with zero attached hydrogens (tertiary/aromatic N) is 2. The second-order valence-corrected chi connectivity index (χ2v) is 3.85. The van der Waals surface area contributed by atoms with Crippen LogP contribution in [0.15, 0.2) is 36.7 Å². The summed E-state index contributed by atoms with van der Waals surface area (Å²) in [6.07, 6.45) is 2.85. The Morgan fingerprint density at radius 3 is 2.94 bits per heavy atom. The topological polar surface area (TPSA) is 64.1 Å². The first-order valence-electron chi connectivity index (χ1n) is 5.12. The molecule has 1 aromatic carbocycles. The zero-order valence-electron chi connectivity index (χ0n) is 9.55. The van der Waals surface area contributed by atoms with Crippen LogP contribution in [0.4, 0.5) is 11.5 Å². The van der Waals surface area contributed by atoms with Crippen LogP contribution < -0.4 is 5.32 Å². The molecule has 0 saturated carbocycles. The summed E-state index contributed by atoms with van der Waals surface area (Å²) in [5.41, 5.74) is 0.906. The lowest BCUT2D eigenvalue weighted by Crippen LogP contribution is -2.06. The molecule has 0 radical (unpaired) electrons. The van der Waals surface area contributed by atoms with Crippen molar-refractivity contribution in [2.75, 3.05) is 12.4 Å². The van der Waals surface area contributed by atoms with Crippen molar-refractivity contribution in [2.24, 2.45) is 0 Å². The number of esters is 1. The maximum Gasteiger partial charge on any atom is 0.358 e. The molecule has 0 atom stereocenters. The molecule has 6 heteroatoms. The van der Waals surface area contributed by atoms with Gasteiger partial charge in [0.25, 0.3) is 0 Å². The van der Waals surface area contributed by atoms with Gasteiger partial charge in [0, 0.05) is 10.7 Å². The number of carbonyl (C=O) groups excluding carboxylic acids is 1. The Balaban J connectivity index is 2.22. The van der Waals surface area contributed by atoms with Crippen molar-refractivity contribution in [1.29, 1.82) is 0 Å². The number of carbonyl (C=O) groups is 1. The third-order valence-corrected chi connectivity index (χ3v) is 2.36. The molecular weight excluding hydrogens is 254 g/mol. The van der Waals surface area contributed by atoms with E-state index in [-0.39, 0.29) is 5.69 Å². The van der Waals surface area contributed by atoms with Crippen LogP contribution in [-0.2, 0) is 4.74 Å². The highest BCUT2D eigenvalue weighted by Crippen LogP contribution is 2.18. The van der Waals surface area contributed by atoms with Crippen LogP contribution in [0.25, 0.3) is 0 Å². The summed E-state index contributed by atoms with van der Waals surface area (Å²) in [5, 5.41) is 3.61. The number of aromatic nitrogens is 2. The number of halogens is 1. The number of benzene rings is 1. The molecule has 0 fully saturated rings. The van der Waals surface area contributed by atoms with Gasteiger partial charge in [0.15, 0.2) is 5.69 Å². The van der Waals surface area contributed by atoms with Crippen LogP contribution in [0.3, 0.4) is 0 Å². The molecule has 0 aliphatic carbocycles. The summed E-state index contributed by atoms with van der Waals surface area (Å²) in [4.78, 5) is 19.3. The van der Waals surface area contributed by atoms with Gasteiger partial charge in [0.05, 0.1) is 19.5 Å². The van der Waals surface area contributed by atoms with E-state index in [2.05, 4.69) is 20.0 Å².